The van der Waals surface area contributed by atoms with Crippen LogP contribution in [0.2, 0.25) is 0 Å². The van der Waals surface area contributed by atoms with Crippen molar-refractivity contribution in [2.75, 3.05) is 6.54 Å². The van der Waals surface area contributed by atoms with Gasteiger partial charge in [-0.25, -0.2) is 9.59 Å². The van der Waals surface area contributed by atoms with Crippen LogP contribution in [0.1, 0.15) is 123 Å². The van der Waals surface area contributed by atoms with Crippen molar-refractivity contribution in [1.82, 2.24) is 5.43 Å². The topological polar surface area (TPSA) is 99.0 Å². The number of hydrazone groups is 1. The molecule has 0 fully saturated rings. The van der Waals surface area contributed by atoms with Gasteiger partial charge in [-0.15, -0.1) is 0 Å². The van der Waals surface area contributed by atoms with Crippen LogP contribution in [-0.2, 0) is 0 Å². The minimum atomic E-state index is -1.23. The van der Waals surface area contributed by atoms with Crippen molar-refractivity contribution >= 4 is 17.7 Å². The van der Waals surface area contributed by atoms with Gasteiger partial charge < -0.3 is 15.6 Å². The first-order chi connectivity index (χ1) is 16.6. The Hall–Kier alpha value is -2.63. The van der Waals surface area contributed by atoms with Gasteiger partial charge in [0.25, 0.3) is 0 Å². The lowest BCUT2D eigenvalue weighted by Crippen LogP contribution is -2.14. The van der Waals surface area contributed by atoms with E-state index in [-0.39, 0.29) is 11.1 Å². The minimum absolute atomic E-state index is 0.190. The highest BCUT2D eigenvalue weighted by molar-refractivity contribution is 6.01. The van der Waals surface area contributed by atoms with Crippen molar-refractivity contribution in [3.05, 3.63) is 47.0 Å². The SMILES string of the molecule is C1=C(C2=NNCCCCCCCC2)CCCCCCCCC1.O=C(O)c1ccccc1C(=O)O. The summed E-state index contributed by atoms with van der Waals surface area (Å²) in [5.74, 6) is -2.46. The van der Waals surface area contributed by atoms with Gasteiger partial charge >= 0.3 is 11.9 Å². The lowest BCUT2D eigenvalue weighted by Gasteiger charge is -2.12. The predicted molar refractivity (Wildman–Crippen MR) is 138 cm³/mol. The number of carboxylic acid groups (broad SMARTS) is 2. The third kappa shape index (κ3) is 11.0. The number of nitrogens with zero attached hydrogens (tertiary/aromatic N) is 1. The maximum atomic E-state index is 10.5. The van der Waals surface area contributed by atoms with Crippen molar-refractivity contribution in [3.8, 4) is 0 Å². The third-order valence-corrected chi connectivity index (χ3v) is 6.47. The summed E-state index contributed by atoms with van der Waals surface area (Å²) in [4.78, 5) is 20.9. The highest BCUT2D eigenvalue weighted by Gasteiger charge is 2.13. The van der Waals surface area contributed by atoms with E-state index in [2.05, 4.69) is 11.5 Å². The minimum Gasteiger partial charge on any atom is -0.478 e. The number of rotatable bonds is 3. The molecule has 6 nitrogen and oxygen atoms in total. The molecule has 1 aliphatic carbocycles. The summed E-state index contributed by atoms with van der Waals surface area (Å²) < 4.78 is 0. The second kappa shape index (κ2) is 16.9. The number of aromatic carboxylic acids is 2. The van der Waals surface area contributed by atoms with Crippen molar-refractivity contribution in [2.24, 2.45) is 5.10 Å². The maximum absolute atomic E-state index is 10.5. The molecule has 0 atom stereocenters. The summed E-state index contributed by atoms with van der Waals surface area (Å²) in [6.45, 7) is 1.05. The standard InChI is InChI=1S/C20H36N2.C8H6O4/c1-2-4-8-12-16-19(15-11-7-3-1)20-17-13-9-5-6-10-14-18-21-22-20;9-7(10)5-3-1-2-4-6(5)8(11)12/h15,21H,1-14,16-18H2;1-4H,(H,9,10)(H,11,12). The number of allylic oxidation sites excluding steroid dienone is 2. The Kier molecular flexibility index (Phi) is 13.7. The van der Waals surface area contributed by atoms with Crippen molar-refractivity contribution in [1.29, 1.82) is 0 Å². The first-order valence-electron chi connectivity index (χ1n) is 13.1. The molecule has 1 heterocycles. The van der Waals surface area contributed by atoms with Crippen LogP contribution < -0.4 is 5.43 Å². The Labute approximate surface area is 204 Å². The lowest BCUT2D eigenvalue weighted by atomic mass is 9.97. The number of nitrogens with one attached hydrogen (secondary N) is 1. The second-order valence-electron chi connectivity index (χ2n) is 9.24. The Morgan fingerprint density at radius 3 is 1.76 bits per heavy atom. The lowest BCUT2D eigenvalue weighted by molar-refractivity contribution is 0.0651. The van der Waals surface area contributed by atoms with E-state index in [1.165, 1.54) is 133 Å². The molecule has 0 spiro atoms. The Morgan fingerprint density at radius 1 is 0.676 bits per heavy atom. The van der Waals surface area contributed by atoms with Gasteiger partial charge in [-0.05, 0) is 62.7 Å². The maximum Gasteiger partial charge on any atom is 0.336 e. The summed E-state index contributed by atoms with van der Waals surface area (Å²) in [7, 11) is 0. The average molecular weight is 471 g/mol. The number of carbonyl (C=O) groups is 2. The molecule has 0 bridgehead atoms. The van der Waals surface area contributed by atoms with Crippen LogP contribution in [0, 0.1) is 0 Å². The quantitative estimate of drug-likeness (QED) is 0.433. The molecule has 188 valence electrons. The van der Waals surface area contributed by atoms with E-state index in [0.717, 1.165) is 6.54 Å². The summed E-state index contributed by atoms with van der Waals surface area (Å²) in [5.41, 5.74) is 5.91. The van der Waals surface area contributed by atoms with Crippen LogP contribution in [0.3, 0.4) is 0 Å². The number of hydrogen-bond donors (Lipinski definition) is 3. The van der Waals surface area contributed by atoms with Gasteiger partial charge in [0.15, 0.2) is 0 Å². The van der Waals surface area contributed by atoms with Crippen LogP contribution in [0.25, 0.3) is 0 Å². The monoisotopic (exact) mass is 470 g/mol. The zero-order chi connectivity index (χ0) is 24.4. The van der Waals surface area contributed by atoms with Crippen LogP contribution >= 0.6 is 0 Å². The Morgan fingerprint density at radius 2 is 1.18 bits per heavy atom. The average Bonchev–Trinajstić information content (AvgIpc) is 2.94. The van der Waals surface area contributed by atoms with Crippen molar-refractivity contribution < 1.29 is 19.8 Å². The summed E-state index contributed by atoms with van der Waals surface area (Å²) in [5, 5.41) is 21.9. The molecule has 0 unspecified atom stereocenters. The van der Waals surface area contributed by atoms with Gasteiger partial charge in [-0.2, -0.15) is 5.10 Å². The van der Waals surface area contributed by atoms with E-state index in [1.54, 1.807) is 5.57 Å². The fraction of sp³-hybridized carbons (Fsp3) is 0.607. The molecule has 2 aliphatic rings. The van der Waals surface area contributed by atoms with E-state index in [0.29, 0.717) is 0 Å². The van der Waals surface area contributed by atoms with Gasteiger partial charge in [0.05, 0.1) is 16.8 Å². The van der Waals surface area contributed by atoms with Gasteiger partial charge in [0.2, 0.25) is 0 Å². The number of hydrogen-bond acceptors (Lipinski definition) is 4. The highest BCUT2D eigenvalue weighted by Crippen LogP contribution is 2.20. The molecule has 34 heavy (non-hydrogen) atoms. The molecule has 0 saturated carbocycles. The first-order valence-corrected chi connectivity index (χ1v) is 13.1. The second-order valence-corrected chi connectivity index (χ2v) is 9.24. The molecule has 0 aromatic heterocycles. The third-order valence-electron chi connectivity index (χ3n) is 6.47. The van der Waals surface area contributed by atoms with Gasteiger partial charge in [-0.3, -0.25) is 0 Å². The van der Waals surface area contributed by atoms with Crippen LogP contribution in [0.15, 0.2) is 41.0 Å². The van der Waals surface area contributed by atoms with E-state index in [4.69, 9.17) is 15.3 Å². The molecule has 3 rings (SSSR count). The largest absolute Gasteiger partial charge is 0.478 e. The smallest absolute Gasteiger partial charge is 0.336 e. The summed E-state index contributed by atoms with van der Waals surface area (Å²) in [6, 6.07) is 5.48. The van der Waals surface area contributed by atoms with E-state index < -0.39 is 11.9 Å². The van der Waals surface area contributed by atoms with E-state index >= 15 is 0 Å². The van der Waals surface area contributed by atoms with Crippen molar-refractivity contribution in [2.45, 2.75) is 103 Å². The zero-order valence-corrected chi connectivity index (χ0v) is 20.6. The molecular formula is C28H42N2O4. The fourth-order valence-electron chi connectivity index (χ4n) is 4.48. The molecule has 6 heteroatoms. The summed E-state index contributed by atoms with van der Waals surface area (Å²) in [6.07, 6.45) is 24.2. The van der Waals surface area contributed by atoms with Crippen LogP contribution in [0.4, 0.5) is 0 Å². The van der Waals surface area contributed by atoms with Crippen LogP contribution in [-0.4, -0.2) is 34.4 Å². The van der Waals surface area contributed by atoms with E-state index in [9.17, 15) is 9.59 Å². The zero-order valence-electron chi connectivity index (χ0n) is 20.6. The molecule has 0 radical (unpaired) electrons. The highest BCUT2D eigenvalue weighted by atomic mass is 16.4. The Balaban J connectivity index is 0.000000287. The van der Waals surface area contributed by atoms with Gasteiger partial charge in [0, 0.05) is 6.54 Å². The first kappa shape index (κ1) is 27.6. The molecule has 1 aromatic carbocycles. The van der Waals surface area contributed by atoms with Gasteiger partial charge in [0.1, 0.15) is 0 Å². The molecule has 0 saturated heterocycles. The van der Waals surface area contributed by atoms with Gasteiger partial charge in [-0.1, -0.05) is 76.0 Å². The fourth-order valence-corrected chi connectivity index (χ4v) is 4.48. The molecule has 3 N–H and O–H groups in total. The van der Waals surface area contributed by atoms with Crippen molar-refractivity contribution in [3.63, 3.8) is 0 Å². The number of carboxylic acids is 2. The molecular weight excluding hydrogens is 428 g/mol. The Bertz CT molecular complexity index is 749. The molecule has 0 amide bonds. The summed E-state index contributed by atoms with van der Waals surface area (Å²) >= 11 is 0. The normalized spacial score (nSPS) is 18.8. The molecule has 1 aromatic rings. The predicted octanol–water partition coefficient (Wildman–Crippen LogP) is 7.21. The number of benzene rings is 1. The van der Waals surface area contributed by atoms with Crippen LogP contribution in [0.5, 0.6) is 0 Å². The molecule has 1 aliphatic heterocycles. The van der Waals surface area contributed by atoms with E-state index in [1.807, 2.05) is 0 Å².